The monoisotopic (exact) mass is 326 g/mol. The van der Waals surface area contributed by atoms with E-state index in [0.717, 1.165) is 18.2 Å². The van der Waals surface area contributed by atoms with Gasteiger partial charge in [-0.15, -0.1) is 0 Å². The smallest absolute Gasteiger partial charge is 0.166 e. The Labute approximate surface area is 116 Å². The molecule has 0 atom stereocenters. The van der Waals surface area contributed by atoms with E-state index in [0.29, 0.717) is 10.0 Å². The summed E-state index contributed by atoms with van der Waals surface area (Å²) >= 11 is 3.23. The van der Waals surface area contributed by atoms with E-state index in [1.54, 1.807) is 12.1 Å². The van der Waals surface area contributed by atoms with Gasteiger partial charge in [0.15, 0.2) is 11.6 Å². The van der Waals surface area contributed by atoms with Crippen LogP contribution < -0.4 is 10.5 Å². The van der Waals surface area contributed by atoms with Crippen LogP contribution in [0.4, 0.5) is 8.78 Å². The maximum atomic E-state index is 13.5. The molecule has 0 amide bonds. The number of hydrogen-bond acceptors (Lipinski definition) is 2. The quantitative estimate of drug-likeness (QED) is 0.665. The Kier molecular flexibility index (Phi) is 3.80. The van der Waals surface area contributed by atoms with E-state index in [1.807, 2.05) is 0 Å². The molecule has 0 spiro atoms. The summed E-state index contributed by atoms with van der Waals surface area (Å²) in [4.78, 5) is 0. The molecule has 0 unspecified atom stereocenters. The van der Waals surface area contributed by atoms with Crippen molar-refractivity contribution in [1.29, 1.82) is 5.41 Å². The molecule has 0 aliphatic rings. The number of nitrogen functional groups attached to an aromatic ring is 1. The van der Waals surface area contributed by atoms with Crippen molar-refractivity contribution in [2.75, 3.05) is 0 Å². The van der Waals surface area contributed by atoms with Gasteiger partial charge in [-0.3, -0.25) is 5.41 Å². The predicted octanol–water partition coefficient (Wildman–Crippen LogP) is 3.80. The topological polar surface area (TPSA) is 59.1 Å². The number of nitrogens with one attached hydrogen (secondary N) is 1. The summed E-state index contributed by atoms with van der Waals surface area (Å²) < 4.78 is 32.5. The van der Waals surface area contributed by atoms with Crippen molar-refractivity contribution in [2.24, 2.45) is 5.73 Å². The Morgan fingerprint density at radius 3 is 2.53 bits per heavy atom. The molecule has 3 nitrogen and oxygen atoms in total. The van der Waals surface area contributed by atoms with Gasteiger partial charge in [-0.05, 0) is 30.3 Å². The van der Waals surface area contributed by atoms with E-state index >= 15 is 0 Å². The van der Waals surface area contributed by atoms with Crippen molar-refractivity contribution >= 4 is 21.8 Å². The minimum Gasteiger partial charge on any atom is -0.453 e. The van der Waals surface area contributed by atoms with Crippen LogP contribution in [0.5, 0.6) is 11.5 Å². The minimum absolute atomic E-state index is 0.173. The molecule has 2 aromatic rings. The average molecular weight is 327 g/mol. The van der Waals surface area contributed by atoms with Gasteiger partial charge >= 0.3 is 0 Å². The maximum absolute atomic E-state index is 13.5. The van der Waals surface area contributed by atoms with E-state index in [4.69, 9.17) is 15.9 Å². The van der Waals surface area contributed by atoms with Crippen molar-refractivity contribution in [3.8, 4) is 11.5 Å². The number of halogens is 3. The number of amidine groups is 1. The first-order valence-corrected chi connectivity index (χ1v) is 6.03. The molecule has 0 aliphatic carbocycles. The van der Waals surface area contributed by atoms with Gasteiger partial charge in [0.1, 0.15) is 17.4 Å². The summed E-state index contributed by atoms with van der Waals surface area (Å²) in [6.07, 6.45) is 0. The summed E-state index contributed by atoms with van der Waals surface area (Å²) in [6.45, 7) is 0. The maximum Gasteiger partial charge on any atom is 0.166 e. The lowest BCUT2D eigenvalue weighted by atomic mass is 10.2. The molecule has 0 bridgehead atoms. The molecule has 0 aromatic heterocycles. The normalized spacial score (nSPS) is 10.3. The van der Waals surface area contributed by atoms with Crippen molar-refractivity contribution in [2.45, 2.75) is 0 Å². The van der Waals surface area contributed by atoms with Crippen molar-refractivity contribution in [1.82, 2.24) is 0 Å². The van der Waals surface area contributed by atoms with Gasteiger partial charge in [-0.1, -0.05) is 15.9 Å². The number of benzene rings is 2. The molecule has 19 heavy (non-hydrogen) atoms. The molecule has 98 valence electrons. The fourth-order valence-electron chi connectivity index (χ4n) is 1.48. The molecule has 2 rings (SSSR count). The van der Waals surface area contributed by atoms with Gasteiger partial charge in [0, 0.05) is 10.5 Å². The van der Waals surface area contributed by atoms with Crippen molar-refractivity contribution < 1.29 is 13.5 Å². The van der Waals surface area contributed by atoms with Crippen LogP contribution in [-0.2, 0) is 0 Å². The van der Waals surface area contributed by atoms with E-state index in [2.05, 4.69) is 15.9 Å². The number of ether oxygens (including phenoxy) is 1. The zero-order chi connectivity index (χ0) is 14.0. The van der Waals surface area contributed by atoms with Gasteiger partial charge in [0.25, 0.3) is 0 Å². The molecule has 0 aliphatic heterocycles. The van der Waals surface area contributed by atoms with Gasteiger partial charge in [-0.25, -0.2) is 8.78 Å². The Bertz CT molecular complexity index is 647. The van der Waals surface area contributed by atoms with Crippen LogP contribution in [0.3, 0.4) is 0 Å². The molecule has 0 fully saturated rings. The van der Waals surface area contributed by atoms with Gasteiger partial charge < -0.3 is 10.5 Å². The highest BCUT2D eigenvalue weighted by Crippen LogP contribution is 2.30. The van der Waals surface area contributed by atoms with Crippen LogP contribution in [0.25, 0.3) is 0 Å². The average Bonchev–Trinajstić information content (AvgIpc) is 2.33. The first-order chi connectivity index (χ1) is 8.97. The van der Waals surface area contributed by atoms with Crippen LogP contribution in [0.1, 0.15) is 5.56 Å². The second-order valence-corrected chi connectivity index (χ2v) is 4.65. The fraction of sp³-hybridized carbons (Fsp3) is 0. The van der Waals surface area contributed by atoms with E-state index < -0.39 is 11.6 Å². The molecular weight excluding hydrogens is 318 g/mol. The number of hydrogen-bond donors (Lipinski definition) is 2. The third-order valence-electron chi connectivity index (χ3n) is 2.35. The minimum atomic E-state index is -0.698. The van der Waals surface area contributed by atoms with E-state index in [-0.39, 0.29) is 17.3 Å². The Hall–Kier alpha value is -1.95. The fourth-order valence-corrected chi connectivity index (χ4v) is 1.82. The lowest BCUT2D eigenvalue weighted by Gasteiger charge is -2.11. The van der Waals surface area contributed by atoms with Crippen LogP contribution >= 0.6 is 15.9 Å². The summed E-state index contributed by atoms with van der Waals surface area (Å²) in [7, 11) is 0. The van der Waals surface area contributed by atoms with E-state index in [1.165, 1.54) is 6.07 Å². The zero-order valence-corrected chi connectivity index (χ0v) is 11.2. The highest BCUT2D eigenvalue weighted by molar-refractivity contribution is 9.10. The lowest BCUT2D eigenvalue weighted by molar-refractivity contribution is 0.435. The summed E-state index contributed by atoms with van der Waals surface area (Å²) in [5.74, 6) is -1.63. The molecule has 0 heterocycles. The molecular formula is C13H9BrF2N2O. The molecule has 0 saturated carbocycles. The standard InChI is InChI=1S/C13H9BrF2N2O/c14-7-1-3-9(13(17)18)11(5-7)19-12-6-8(15)2-4-10(12)16/h1-6H,(H3,17,18). The predicted molar refractivity (Wildman–Crippen MR) is 71.6 cm³/mol. The van der Waals surface area contributed by atoms with Crippen molar-refractivity contribution in [3.05, 3.63) is 58.1 Å². The second kappa shape index (κ2) is 5.36. The van der Waals surface area contributed by atoms with Gasteiger partial charge in [0.05, 0.1) is 5.56 Å². The highest BCUT2D eigenvalue weighted by Gasteiger charge is 2.12. The van der Waals surface area contributed by atoms with Gasteiger partial charge in [0.2, 0.25) is 0 Å². The lowest BCUT2D eigenvalue weighted by Crippen LogP contribution is -2.12. The first-order valence-electron chi connectivity index (χ1n) is 5.24. The molecule has 0 saturated heterocycles. The Morgan fingerprint density at radius 2 is 1.84 bits per heavy atom. The van der Waals surface area contributed by atoms with Crippen LogP contribution in [0.15, 0.2) is 40.9 Å². The molecule has 6 heteroatoms. The third kappa shape index (κ3) is 3.08. The van der Waals surface area contributed by atoms with Crippen LogP contribution in [-0.4, -0.2) is 5.84 Å². The summed E-state index contributed by atoms with van der Waals surface area (Å²) in [5.41, 5.74) is 5.70. The Balaban J connectivity index is 2.45. The zero-order valence-electron chi connectivity index (χ0n) is 9.58. The SMILES string of the molecule is N=C(N)c1ccc(Br)cc1Oc1cc(F)ccc1F. The number of nitrogens with two attached hydrogens (primary N) is 1. The van der Waals surface area contributed by atoms with Gasteiger partial charge in [-0.2, -0.15) is 0 Å². The highest BCUT2D eigenvalue weighted by atomic mass is 79.9. The molecule has 3 N–H and O–H groups in total. The van der Waals surface area contributed by atoms with Crippen molar-refractivity contribution in [3.63, 3.8) is 0 Å². The molecule has 2 aromatic carbocycles. The largest absolute Gasteiger partial charge is 0.453 e. The van der Waals surface area contributed by atoms with Crippen LogP contribution in [0.2, 0.25) is 0 Å². The second-order valence-electron chi connectivity index (χ2n) is 3.73. The first kappa shape index (κ1) is 13.5. The molecule has 0 radical (unpaired) electrons. The van der Waals surface area contributed by atoms with Crippen LogP contribution in [0, 0.1) is 17.0 Å². The third-order valence-corrected chi connectivity index (χ3v) is 2.84. The summed E-state index contributed by atoms with van der Waals surface area (Å²) in [6, 6.07) is 7.65. The van der Waals surface area contributed by atoms with E-state index in [9.17, 15) is 8.78 Å². The Morgan fingerprint density at radius 1 is 1.11 bits per heavy atom. The summed E-state index contributed by atoms with van der Waals surface area (Å²) in [5, 5.41) is 7.42. The number of rotatable bonds is 3.